The minimum Gasteiger partial charge on any atom is -0.409 e. The standard InChI is InChI=1S/C14H13NOS/c1-10-7-8-12-13(9-10)16-17-15-14(12)11-5-3-2-4-6-11/h2-9,14-15H,1H3. The molecule has 1 N–H and O–H groups in total. The number of nitrogens with one attached hydrogen (secondary N) is 1. The van der Waals surface area contributed by atoms with E-state index in [0.29, 0.717) is 0 Å². The molecule has 0 aliphatic carbocycles. The summed E-state index contributed by atoms with van der Waals surface area (Å²) in [5.74, 6) is 0.961. The molecule has 1 heterocycles. The molecule has 2 nitrogen and oxygen atoms in total. The van der Waals surface area contributed by atoms with Crippen LogP contribution in [0.2, 0.25) is 0 Å². The summed E-state index contributed by atoms with van der Waals surface area (Å²) in [5, 5.41) is 0. The molecule has 2 aromatic carbocycles. The van der Waals surface area contributed by atoms with Gasteiger partial charge in [-0.25, -0.2) is 4.72 Å². The molecular weight excluding hydrogens is 230 g/mol. The van der Waals surface area contributed by atoms with Crippen LogP contribution >= 0.6 is 12.2 Å². The van der Waals surface area contributed by atoms with E-state index in [1.165, 1.54) is 28.9 Å². The van der Waals surface area contributed by atoms with Crippen molar-refractivity contribution in [2.45, 2.75) is 13.0 Å². The van der Waals surface area contributed by atoms with Gasteiger partial charge in [0.2, 0.25) is 0 Å². The summed E-state index contributed by atoms with van der Waals surface area (Å²) in [4.78, 5) is 0. The third kappa shape index (κ3) is 2.04. The van der Waals surface area contributed by atoms with Crippen LogP contribution in [0.4, 0.5) is 0 Å². The normalized spacial score (nSPS) is 18.3. The second kappa shape index (κ2) is 4.43. The van der Waals surface area contributed by atoms with Crippen molar-refractivity contribution >= 4 is 12.2 Å². The molecule has 1 aliphatic heterocycles. The van der Waals surface area contributed by atoms with Crippen molar-refractivity contribution in [3.05, 3.63) is 65.2 Å². The highest BCUT2D eigenvalue weighted by Crippen LogP contribution is 2.37. The molecule has 0 saturated heterocycles. The number of fused-ring (bicyclic) bond motifs is 1. The van der Waals surface area contributed by atoms with Crippen LogP contribution in [-0.4, -0.2) is 0 Å². The van der Waals surface area contributed by atoms with Crippen LogP contribution < -0.4 is 8.91 Å². The van der Waals surface area contributed by atoms with Gasteiger partial charge in [-0.05, 0) is 24.1 Å². The average Bonchev–Trinajstić information content (AvgIpc) is 2.39. The Morgan fingerprint density at radius 1 is 1.12 bits per heavy atom. The predicted molar refractivity (Wildman–Crippen MR) is 70.8 cm³/mol. The highest BCUT2D eigenvalue weighted by molar-refractivity contribution is 7.93. The maximum atomic E-state index is 5.56. The predicted octanol–water partition coefficient (Wildman–Crippen LogP) is 3.63. The van der Waals surface area contributed by atoms with Crippen molar-refractivity contribution in [1.82, 2.24) is 4.72 Å². The van der Waals surface area contributed by atoms with Crippen molar-refractivity contribution in [2.24, 2.45) is 0 Å². The van der Waals surface area contributed by atoms with Crippen LogP contribution in [0.3, 0.4) is 0 Å². The van der Waals surface area contributed by atoms with E-state index in [0.717, 1.165) is 5.75 Å². The maximum Gasteiger partial charge on any atom is 0.144 e. The first-order valence-electron chi connectivity index (χ1n) is 5.59. The topological polar surface area (TPSA) is 21.3 Å². The van der Waals surface area contributed by atoms with Crippen LogP contribution in [0, 0.1) is 6.92 Å². The van der Waals surface area contributed by atoms with Crippen molar-refractivity contribution in [3.63, 3.8) is 0 Å². The van der Waals surface area contributed by atoms with E-state index in [9.17, 15) is 0 Å². The molecule has 0 radical (unpaired) electrons. The summed E-state index contributed by atoms with van der Waals surface area (Å²) < 4.78 is 8.87. The molecule has 0 amide bonds. The Labute approximate surface area is 105 Å². The third-order valence-corrected chi connectivity index (χ3v) is 3.51. The fourth-order valence-corrected chi connectivity index (χ4v) is 2.67. The zero-order chi connectivity index (χ0) is 11.7. The Kier molecular flexibility index (Phi) is 2.79. The lowest BCUT2D eigenvalue weighted by Crippen LogP contribution is -2.21. The maximum absolute atomic E-state index is 5.56. The average molecular weight is 243 g/mol. The summed E-state index contributed by atoms with van der Waals surface area (Å²) in [6, 6.07) is 17.0. The van der Waals surface area contributed by atoms with Gasteiger partial charge in [-0.3, -0.25) is 0 Å². The minimum atomic E-state index is 0.200. The molecule has 0 bridgehead atoms. The van der Waals surface area contributed by atoms with Gasteiger partial charge in [0.25, 0.3) is 0 Å². The molecule has 1 aliphatic rings. The van der Waals surface area contributed by atoms with Gasteiger partial charge in [0.15, 0.2) is 0 Å². The van der Waals surface area contributed by atoms with E-state index in [2.05, 4.69) is 54.1 Å². The summed E-state index contributed by atoms with van der Waals surface area (Å²) in [7, 11) is 0. The second-order valence-electron chi connectivity index (χ2n) is 4.17. The summed E-state index contributed by atoms with van der Waals surface area (Å²) >= 11 is 1.30. The number of hydrogen-bond acceptors (Lipinski definition) is 3. The highest BCUT2D eigenvalue weighted by atomic mass is 32.2. The first-order valence-corrected chi connectivity index (χ1v) is 6.33. The number of rotatable bonds is 1. The van der Waals surface area contributed by atoms with Gasteiger partial charge < -0.3 is 4.18 Å². The molecule has 17 heavy (non-hydrogen) atoms. The van der Waals surface area contributed by atoms with E-state index in [1.54, 1.807) is 0 Å². The lowest BCUT2D eigenvalue weighted by molar-refractivity contribution is 0.574. The lowest BCUT2D eigenvalue weighted by atomic mass is 9.98. The van der Waals surface area contributed by atoms with Crippen LogP contribution in [0.1, 0.15) is 22.7 Å². The third-order valence-electron chi connectivity index (χ3n) is 2.91. The lowest BCUT2D eigenvalue weighted by Gasteiger charge is -2.25. The Morgan fingerprint density at radius 3 is 2.76 bits per heavy atom. The van der Waals surface area contributed by atoms with Crippen molar-refractivity contribution < 1.29 is 4.18 Å². The van der Waals surface area contributed by atoms with E-state index in [4.69, 9.17) is 4.18 Å². The smallest absolute Gasteiger partial charge is 0.144 e. The van der Waals surface area contributed by atoms with Crippen molar-refractivity contribution in [3.8, 4) is 5.75 Å². The van der Waals surface area contributed by atoms with Gasteiger partial charge in [0, 0.05) is 5.56 Å². The second-order valence-corrected chi connectivity index (χ2v) is 4.74. The molecule has 0 fully saturated rings. The molecular formula is C14H13NOS. The molecule has 0 spiro atoms. The monoisotopic (exact) mass is 243 g/mol. The van der Waals surface area contributed by atoms with Gasteiger partial charge in [0.05, 0.1) is 6.04 Å². The van der Waals surface area contributed by atoms with Crippen molar-refractivity contribution in [2.75, 3.05) is 0 Å². The SMILES string of the molecule is Cc1ccc2c(c1)OSNC2c1ccccc1. The van der Waals surface area contributed by atoms with Gasteiger partial charge in [0.1, 0.15) is 18.0 Å². The summed E-state index contributed by atoms with van der Waals surface area (Å²) in [5.41, 5.74) is 3.67. The molecule has 0 saturated carbocycles. The van der Waals surface area contributed by atoms with E-state index >= 15 is 0 Å². The number of hydrogen-bond donors (Lipinski definition) is 1. The Hall–Kier alpha value is -1.45. The van der Waals surface area contributed by atoms with Gasteiger partial charge >= 0.3 is 0 Å². The number of benzene rings is 2. The summed E-state index contributed by atoms with van der Waals surface area (Å²) in [6.45, 7) is 2.08. The quantitative estimate of drug-likeness (QED) is 0.610. The fourth-order valence-electron chi connectivity index (χ4n) is 2.03. The van der Waals surface area contributed by atoms with Gasteiger partial charge in [-0.2, -0.15) is 0 Å². The van der Waals surface area contributed by atoms with Crippen LogP contribution in [0.5, 0.6) is 5.75 Å². The van der Waals surface area contributed by atoms with Crippen molar-refractivity contribution in [1.29, 1.82) is 0 Å². The molecule has 1 unspecified atom stereocenters. The largest absolute Gasteiger partial charge is 0.409 e. The molecule has 3 rings (SSSR count). The first-order chi connectivity index (χ1) is 8.34. The fraction of sp³-hybridized carbons (Fsp3) is 0.143. The van der Waals surface area contributed by atoms with Crippen LogP contribution in [0.25, 0.3) is 0 Å². The van der Waals surface area contributed by atoms with E-state index in [-0.39, 0.29) is 6.04 Å². The summed E-state index contributed by atoms with van der Waals surface area (Å²) in [6.07, 6.45) is 0. The zero-order valence-corrected chi connectivity index (χ0v) is 10.3. The minimum absolute atomic E-state index is 0.200. The van der Waals surface area contributed by atoms with E-state index in [1.807, 2.05) is 6.07 Å². The van der Waals surface area contributed by atoms with Crippen LogP contribution in [-0.2, 0) is 0 Å². The van der Waals surface area contributed by atoms with Crippen LogP contribution in [0.15, 0.2) is 48.5 Å². The molecule has 1 atom stereocenters. The van der Waals surface area contributed by atoms with Gasteiger partial charge in [-0.1, -0.05) is 42.5 Å². The van der Waals surface area contributed by atoms with Gasteiger partial charge in [-0.15, -0.1) is 0 Å². The zero-order valence-electron chi connectivity index (χ0n) is 9.51. The van der Waals surface area contributed by atoms with E-state index < -0.39 is 0 Å². The molecule has 2 aromatic rings. The Bertz CT molecular complexity index is 527. The highest BCUT2D eigenvalue weighted by Gasteiger charge is 2.23. The first kappa shape index (κ1) is 10.7. The molecule has 3 heteroatoms. The Morgan fingerprint density at radius 2 is 1.94 bits per heavy atom. The Balaban J connectivity index is 2.06. The molecule has 0 aromatic heterocycles. The molecule has 86 valence electrons. The number of aryl methyl sites for hydroxylation is 1.